The van der Waals surface area contributed by atoms with E-state index in [2.05, 4.69) is 80.6 Å². The Balaban J connectivity index is 1.72. The normalized spacial score (nSPS) is 20.6. The van der Waals surface area contributed by atoms with Gasteiger partial charge >= 0.3 is 0 Å². The largest absolute Gasteiger partial charge is 0.0901 e. The van der Waals surface area contributed by atoms with Crippen LogP contribution in [0.25, 0.3) is 5.57 Å². The molecule has 23 heavy (non-hydrogen) atoms. The smallest absolute Gasteiger partial charge is 0.0122 e. The maximum atomic E-state index is 2.37. The maximum absolute atomic E-state index is 2.37. The first-order chi connectivity index (χ1) is 11.2. The lowest BCUT2D eigenvalue weighted by Gasteiger charge is -2.13. The Bertz CT molecular complexity index is 696. The van der Waals surface area contributed by atoms with Crippen molar-refractivity contribution in [3.05, 3.63) is 82.8 Å². The molecule has 1 aromatic carbocycles. The van der Waals surface area contributed by atoms with Gasteiger partial charge in [0.1, 0.15) is 0 Å². The maximum Gasteiger partial charge on any atom is 0.0122 e. The second-order valence-electron chi connectivity index (χ2n) is 6.22. The van der Waals surface area contributed by atoms with Gasteiger partial charge in [0.2, 0.25) is 0 Å². The molecule has 0 N–H and O–H groups in total. The minimum absolute atomic E-state index is 0.643. The lowest BCUT2D eigenvalue weighted by atomic mass is 9.94. The molecule has 0 radical (unpaired) electrons. The van der Waals surface area contributed by atoms with Crippen LogP contribution in [-0.2, 0) is 0 Å². The first-order valence-electron chi connectivity index (χ1n) is 8.47. The zero-order valence-electron chi connectivity index (χ0n) is 14.0. The third-order valence-electron chi connectivity index (χ3n) is 4.29. The van der Waals surface area contributed by atoms with Gasteiger partial charge in [0.05, 0.1) is 0 Å². The lowest BCUT2D eigenvalue weighted by Crippen LogP contribution is -1.94. The van der Waals surface area contributed by atoms with Crippen LogP contribution in [0.5, 0.6) is 0 Å². The predicted octanol–water partition coefficient (Wildman–Crippen LogP) is 6.94. The van der Waals surface area contributed by atoms with Crippen molar-refractivity contribution in [2.45, 2.75) is 38.0 Å². The topological polar surface area (TPSA) is 0 Å². The van der Waals surface area contributed by atoms with Crippen molar-refractivity contribution in [3.63, 3.8) is 0 Å². The van der Waals surface area contributed by atoms with Crippen molar-refractivity contribution in [2.75, 3.05) is 0 Å². The zero-order chi connectivity index (χ0) is 16.1. The molecule has 2 aliphatic carbocycles. The molecule has 118 valence electrons. The average molecular weight is 321 g/mol. The molecule has 0 saturated carbocycles. The molecule has 0 aromatic heterocycles. The Labute approximate surface area is 144 Å². The van der Waals surface area contributed by atoms with Crippen LogP contribution < -0.4 is 0 Å². The number of benzene rings is 1. The van der Waals surface area contributed by atoms with Crippen LogP contribution in [0.15, 0.2) is 82.2 Å². The van der Waals surface area contributed by atoms with Gasteiger partial charge in [-0.15, -0.1) is 0 Å². The monoisotopic (exact) mass is 320 g/mol. The molecule has 3 rings (SSSR count). The van der Waals surface area contributed by atoms with Crippen LogP contribution in [0, 0.1) is 5.92 Å². The summed E-state index contributed by atoms with van der Waals surface area (Å²) in [6.45, 7) is 4.50. The van der Waals surface area contributed by atoms with E-state index in [1.54, 1.807) is 0 Å². The second kappa shape index (κ2) is 7.70. The fourth-order valence-corrected chi connectivity index (χ4v) is 3.71. The molecule has 2 aliphatic rings. The van der Waals surface area contributed by atoms with Gasteiger partial charge in [-0.05, 0) is 54.5 Å². The molecule has 0 spiro atoms. The fraction of sp³-hybridized carbons (Fsp3) is 0.273. The van der Waals surface area contributed by atoms with Crippen LogP contribution in [0.1, 0.15) is 38.7 Å². The van der Waals surface area contributed by atoms with Crippen molar-refractivity contribution in [2.24, 2.45) is 5.92 Å². The highest BCUT2D eigenvalue weighted by atomic mass is 32.2. The Morgan fingerprint density at radius 1 is 1.04 bits per heavy atom. The summed E-state index contributed by atoms with van der Waals surface area (Å²) in [5.41, 5.74) is 4.16. The predicted molar refractivity (Wildman–Crippen MR) is 103 cm³/mol. The van der Waals surface area contributed by atoms with E-state index in [1.807, 2.05) is 11.8 Å². The number of rotatable bonds is 4. The molecule has 1 aromatic rings. The van der Waals surface area contributed by atoms with E-state index in [4.69, 9.17) is 0 Å². The Morgan fingerprint density at radius 2 is 1.87 bits per heavy atom. The highest BCUT2D eigenvalue weighted by Gasteiger charge is 2.07. The minimum Gasteiger partial charge on any atom is -0.0901 e. The van der Waals surface area contributed by atoms with Gasteiger partial charge in [-0.3, -0.25) is 0 Å². The van der Waals surface area contributed by atoms with E-state index in [0.717, 1.165) is 19.3 Å². The SMILES string of the molecule is CCC1=CC=C(Sc2ccc(C3=CC(C)CC=C3)cc2)C=CC1. The first kappa shape index (κ1) is 16.1. The summed E-state index contributed by atoms with van der Waals surface area (Å²) < 4.78 is 0. The third kappa shape index (κ3) is 4.39. The van der Waals surface area contributed by atoms with Gasteiger partial charge in [-0.2, -0.15) is 0 Å². The molecule has 0 bridgehead atoms. The van der Waals surface area contributed by atoms with Crippen molar-refractivity contribution >= 4 is 17.3 Å². The molecule has 1 heteroatoms. The fourth-order valence-electron chi connectivity index (χ4n) is 2.86. The Kier molecular flexibility index (Phi) is 5.40. The summed E-state index contributed by atoms with van der Waals surface area (Å²) in [5.74, 6) is 0.643. The van der Waals surface area contributed by atoms with Crippen LogP contribution in [0.4, 0.5) is 0 Å². The van der Waals surface area contributed by atoms with Gasteiger partial charge < -0.3 is 0 Å². The Morgan fingerprint density at radius 3 is 2.61 bits per heavy atom. The highest BCUT2D eigenvalue weighted by molar-refractivity contribution is 8.03. The number of hydrogen-bond donors (Lipinski definition) is 0. The Hall–Kier alpha value is -1.73. The highest BCUT2D eigenvalue weighted by Crippen LogP contribution is 2.31. The molecule has 0 saturated heterocycles. The summed E-state index contributed by atoms with van der Waals surface area (Å²) in [7, 11) is 0. The van der Waals surface area contributed by atoms with Gasteiger partial charge in [0.15, 0.2) is 0 Å². The molecule has 0 amide bonds. The number of hydrogen-bond acceptors (Lipinski definition) is 1. The van der Waals surface area contributed by atoms with Crippen molar-refractivity contribution in [1.29, 1.82) is 0 Å². The van der Waals surface area contributed by atoms with E-state index in [9.17, 15) is 0 Å². The second-order valence-corrected chi connectivity index (χ2v) is 7.36. The molecular weight excluding hydrogens is 296 g/mol. The summed E-state index contributed by atoms with van der Waals surface area (Å²) in [6.07, 6.45) is 19.3. The van der Waals surface area contributed by atoms with Gasteiger partial charge in [0, 0.05) is 9.80 Å². The summed E-state index contributed by atoms with van der Waals surface area (Å²) >= 11 is 1.84. The van der Waals surface area contributed by atoms with Gasteiger partial charge in [-0.25, -0.2) is 0 Å². The van der Waals surface area contributed by atoms with Crippen molar-refractivity contribution in [3.8, 4) is 0 Å². The van der Waals surface area contributed by atoms with E-state index in [1.165, 1.54) is 26.5 Å². The molecule has 0 nitrogen and oxygen atoms in total. The van der Waals surface area contributed by atoms with E-state index in [0.29, 0.717) is 5.92 Å². The molecule has 1 atom stereocenters. The van der Waals surface area contributed by atoms with Crippen LogP contribution in [-0.4, -0.2) is 0 Å². The molecule has 1 unspecified atom stereocenters. The summed E-state index contributed by atoms with van der Waals surface area (Å²) in [6, 6.07) is 8.95. The molecule has 0 aliphatic heterocycles. The first-order valence-corrected chi connectivity index (χ1v) is 9.29. The standard InChI is InChI=1S/C22H24S/c1-3-18-7-5-9-21(13-10-18)23-22-14-11-19(12-15-22)20-8-4-6-17(2)16-20/h4-5,8-17H,3,6-7H2,1-2H3. The van der Waals surface area contributed by atoms with Crippen LogP contribution >= 0.6 is 11.8 Å². The average Bonchev–Trinajstić information content (AvgIpc) is 2.81. The molecule has 0 fully saturated rings. The van der Waals surface area contributed by atoms with Gasteiger partial charge in [0.25, 0.3) is 0 Å². The van der Waals surface area contributed by atoms with Crippen molar-refractivity contribution in [1.82, 2.24) is 0 Å². The zero-order valence-corrected chi connectivity index (χ0v) is 14.8. The van der Waals surface area contributed by atoms with Crippen LogP contribution in [0.2, 0.25) is 0 Å². The number of thioether (sulfide) groups is 1. The number of allylic oxidation sites excluding steroid dienone is 9. The third-order valence-corrected chi connectivity index (χ3v) is 5.31. The molecular formula is C22H24S. The van der Waals surface area contributed by atoms with E-state index < -0.39 is 0 Å². The molecule has 0 heterocycles. The van der Waals surface area contributed by atoms with E-state index in [-0.39, 0.29) is 0 Å². The van der Waals surface area contributed by atoms with Crippen molar-refractivity contribution < 1.29 is 0 Å². The van der Waals surface area contributed by atoms with Crippen LogP contribution in [0.3, 0.4) is 0 Å². The summed E-state index contributed by atoms with van der Waals surface area (Å²) in [5, 5.41) is 0. The summed E-state index contributed by atoms with van der Waals surface area (Å²) in [4.78, 5) is 2.61. The van der Waals surface area contributed by atoms with Gasteiger partial charge in [-0.1, -0.05) is 79.8 Å². The minimum atomic E-state index is 0.643. The quantitative estimate of drug-likeness (QED) is 0.579. The lowest BCUT2D eigenvalue weighted by molar-refractivity contribution is 0.740. The van der Waals surface area contributed by atoms with E-state index >= 15 is 0 Å².